The molecule has 0 amide bonds. The summed E-state index contributed by atoms with van der Waals surface area (Å²) in [4.78, 5) is 23.1. The van der Waals surface area contributed by atoms with Crippen molar-refractivity contribution in [3.8, 4) is 33.6 Å². The Hall–Kier alpha value is -6.92. The van der Waals surface area contributed by atoms with E-state index in [1.165, 1.54) is 45.0 Å². The molecule has 0 saturated heterocycles. The highest BCUT2D eigenvalue weighted by atomic mass is 32.1. The molecule has 286 valence electrons. The summed E-state index contributed by atoms with van der Waals surface area (Å²) < 4.78 is 0. The van der Waals surface area contributed by atoms with E-state index in [0.29, 0.717) is 0 Å². The summed E-state index contributed by atoms with van der Waals surface area (Å²) in [6.07, 6.45) is 0. The highest BCUT2D eigenvalue weighted by molar-refractivity contribution is 7.78. The maximum atomic E-state index is 4.96. The summed E-state index contributed by atoms with van der Waals surface area (Å²) in [5.41, 5.74) is 17.1. The van der Waals surface area contributed by atoms with Gasteiger partial charge in [0.1, 0.15) is 0 Å². The number of thiocarbonyl (C=S) groups is 2. The fraction of sp³-hybridized carbons (Fsp3) is 0.115. The van der Waals surface area contributed by atoms with Gasteiger partial charge in [0.25, 0.3) is 0 Å². The van der Waals surface area contributed by atoms with Gasteiger partial charge in [-0.15, -0.1) is 0 Å². The van der Waals surface area contributed by atoms with Crippen molar-refractivity contribution >= 4 is 91.3 Å². The largest absolute Gasteiger partial charge is 0.310 e. The van der Waals surface area contributed by atoms with Gasteiger partial charge < -0.3 is 9.80 Å². The molecular formula is C52H36N6S2. The number of hydrogen-bond acceptors (Lipinski definition) is 8. The van der Waals surface area contributed by atoms with E-state index >= 15 is 0 Å². The molecule has 0 N–H and O–H groups in total. The average Bonchev–Trinajstić information content (AvgIpc) is 3.57. The van der Waals surface area contributed by atoms with Gasteiger partial charge in [-0.2, -0.15) is 9.98 Å². The molecular weight excluding hydrogens is 773 g/mol. The van der Waals surface area contributed by atoms with Crippen molar-refractivity contribution in [1.82, 2.24) is 9.97 Å². The van der Waals surface area contributed by atoms with Crippen LogP contribution >= 0.6 is 24.4 Å². The molecule has 0 unspecified atom stereocenters. The van der Waals surface area contributed by atoms with Crippen LogP contribution in [0.2, 0.25) is 0 Å². The van der Waals surface area contributed by atoms with Gasteiger partial charge in [0, 0.05) is 38.7 Å². The molecule has 60 heavy (non-hydrogen) atoms. The van der Waals surface area contributed by atoms with Crippen LogP contribution in [0.1, 0.15) is 49.9 Å². The van der Waals surface area contributed by atoms with Crippen LogP contribution in [0.4, 0.5) is 45.8 Å². The molecule has 8 aromatic rings. The Morgan fingerprint density at radius 2 is 0.867 bits per heavy atom. The third kappa shape index (κ3) is 5.13. The van der Waals surface area contributed by atoms with Crippen LogP contribution in [-0.2, 0) is 10.8 Å². The number of benzene rings is 7. The number of fused-ring (bicyclic) bond motifs is 7. The number of para-hydroxylation sites is 4. The predicted molar refractivity (Wildman–Crippen MR) is 252 cm³/mol. The molecule has 1 aromatic heterocycles. The van der Waals surface area contributed by atoms with Crippen molar-refractivity contribution in [2.45, 2.75) is 38.5 Å². The van der Waals surface area contributed by atoms with Gasteiger partial charge in [0.15, 0.2) is 0 Å². The Kier molecular flexibility index (Phi) is 8.02. The normalized spacial score (nSPS) is 14.5. The predicted octanol–water partition coefficient (Wildman–Crippen LogP) is 14.6. The third-order valence-corrected chi connectivity index (χ3v) is 12.9. The smallest absolute Gasteiger partial charge is 0.209 e. The minimum absolute atomic E-state index is 0.196. The van der Waals surface area contributed by atoms with E-state index in [1.807, 2.05) is 0 Å². The van der Waals surface area contributed by atoms with Gasteiger partial charge >= 0.3 is 0 Å². The van der Waals surface area contributed by atoms with E-state index in [4.69, 9.17) is 34.4 Å². The van der Waals surface area contributed by atoms with Crippen molar-refractivity contribution in [3.05, 3.63) is 168 Å². The van der Waals surface area contributed by atoms with E-state index in [0.717, 1.165) is 55.8 Å². The molecule has 3 aliphatic rings. The van der Waals surface area contributed by atoms with Crippen molar-refractivity contribution in [3.63, 3.8) is 0 Å². The average molecular weight is 809 g/mol. The monoisotopic (exact) mass is 808 g/mol. The molecule has 0 bridgehead atoms. The van der Waals surface area contributed by atoms with Crippen molar-refractivity contribution in [1.29, 1.82) is 0 Å². The maximum Gasteiger partial charge on any atom is 0.209 e. The Morgan fingerprint density at radius 3 is 1.30 bits per heavy atom. The highest BCUT2D eigenvalue weighted by Gasteiger charge is 2.39. The lowest BCUT2D eigenvalue weighted by Crippen LogP contribution is -2.31. The first-order valence-electron chi connectivity index (χ1n) is 20.0. The SMILES string of the molecule is CC1(C)c2ccccc2N(c2cc(-c3ccc4c5c(cccc35)-c3nc(N=C=S)c(N=C=S)nc3-4)cc(N3c4ccccc4C(C)(C)c4ccccc43)c2)c2ccccc21. The third-order valence-electron chi connectivity index (χ3n) is 12.7. The molecule has 2 aliphatic heterocycles. The van der Waals surface area contributed by atoms with Crippen LogP contribution in [0.3, 0.4) is 0 Å². The van der Waals surface area contributed by atoms with Crippen molar-refractivity contribution in [2.24, 2.45) is 9.98 Å². The van der Waals surface area contributed by atoms with Gasteiger partial charge in [0.05, 0.1) is 44.5 Å². The van der Waals surface area contributed by atoms with E-state index in [-0.39, 0.29) is 22.5 Å². The Labute approximate surface area is 359 Å². The lowest BCUT2D eigenvalue weighted by atomic mass is 9.73. The van der Waals surface area contributed by atoms with Gasteiger partial charge in [-0.3, -0.25) is 0 Å². The van der Waals surface area contributed by atoms with Gasteiger partial charge in [0.2, 0.25) is 11.6 Å². The molecule has 3 heterocycles. The zero-order valence-electron chi connectivity index (χ0n) is 33.4. The Morgan fingerprint density at radius 1 is 0.467 bits per heavy atom. The van der Waals surface area contributed by atoms with E-state index in [9.17, 15) is 0 Å². The summed E-state index contributed by atoms with van der Waals surface area (Å²) in [5.74, 6) is 0.526. The molecule has 0 fully saturated rings. The standard InChI is InChI=1S/C52H36N6S2/c1-51(2)38-16-5-9-20-42(38)57(43-21-10-6-17-39(43)51)32-26-31(27-33(28-32)58-44-22-11-7-18-40(44)52(3,4)41-19-8-12-23-45(41)58)34-24-25-37-46-35(34)14-13-15-36(46)47-48(37)56-50(54-30-60)49(55-47)53-29-59/h5-28H,1-4H3. The topological polar surface area (TPSA) is 57.0 Å². The number of anilines is 6. The van der Waals surface area contributed by atoms with Crippen LogP contribution < -0.4 is 9.80 Å². The lowest BCUT2D eigenvalue weighted by molar-refractivity contribution is 0.631. The summed E-state index contributed by atoms with van der Waals surface area (Å²) >= 11 is 9.91. The molecule has 8 heteroatoms. The zero-order valence-corrected chi connectivity index (χ0v) is 35.0. The molecule has 7 aromatic carbocycles. The molecule has 6 nitrogen and oxygen atoms in total. The summed E-state index contributed by atoms with van der Waals surface area (Å²) in [5, 5.41) is 7.01. The first-order valence-corrected chi connectivity index (χ1v) is 20.8. The molecule has 0 radical (unpaired) electrons. The lowest BCUT2D eigenvalue weighted by Gasteiger charge is -2.43. The number of nitrogens with zero attached hydrogens (tertiary/aromatic N) is 6. The fourth-order valence-corrected chi connectivity index (χ4v) is 10.2. The van der Waals surface area contributed by atoms with Crippen molar-refractivity contribution in [2.75, 3.05) is 9.80 Å². The highest BCUT2D eigenvalue weighted by Crippen LogP contribution is 2.56. The number of aromatic nitrogens is 2. The molecule has 11 rings (SSSR count). The quantitative estimate of drug-likeness (QED) is 0.127. The van der Waals surface area contributed by atoms with Crippen LogP contribution in [-0.4, -0.2) is 20.3 Å². The van der Waals surface area contributed by atoms with Gasteiger partial charge in [-0.25, -0.2) is 9.97 Å². The fourth-order valence-electron chi connectivity index (χ4n) is 9.99. The number of hydrogen-bond donors (Lipinski definition) is 0. The zero-order chi connectivity index (χ0) is 40.9. The van der Waals surface area contributed by atoms with Crippen LogP contribution in [0, 0.1) is 0 Å². The molecule has 1 aliphatic carbocycles. The Bertz CT molecular complexity index is 2990. The van der Waals surface area contributed by atoms with Crippen LogP contribution in [0.25, 0.3) is 44.4 Å². The first kappa shape index (κ1) is 36.2. The summed E-state index contributed by atoms with van der Waals surface area (Å²) in [6.45, 7) is 9.32. The molecule has 0 atom stereocenters. The van der Waals surface area contributed by atoms with E-state index < -0.39 is 0 Å². The molecule has 0 spiro atoms. The minimum Gasteiger partial charge on any atom is -0.310 e. The number of aliphatic imine (C=N–C) groups is 2. The van der Waals surface area contributed by atoms with Gasteiger partial charge in [-0.1, -0.05) is 131 Å². The maximum absolute atomic E-state index is 4.96. The molecule has 0 saturated carbocycles. The second-order valence-electron chi connectivity index (χ2n) is 16.6. The first-order chi connectivity index (χ1) is 29.2. The van der Waals surface area contributed by atoms with Crippen LogP contribution in [0.5, 0.6) is 0 Å². The number of rotatable bonds is 5. The number of isothiocyanates is 2. The van der Waals surface area contributed by atoms with Gasteiger partial charge in [-0.05, 0) is 106 Å². The second-order valence-corrected chi connectivity index (χ2v) is 17.0. The second kappa shape index (κ2) is 13.3. The van der Waals surface area contributed by atoms with Crippen molar-refractivity contribution < 1.29 is 0 Å². The van der Waals surface area contributed by atoms with E-state index in [2.05, 4.69) is 203 Å². The Balaban J connectivity index is 1.20. The van der Waals surface area contributed by atoms with E-state index in [1.54, 1.807) is 0 Å². The summed E-state index contributed by atoms with van der Waals surface area (Å²) in [7, 11) is 0. The van der Waals surface area contributed by atoms with Crippen LogP contribution in [0.15, 0.2) is 156 Å². The summed E-state index contributed by atoms with van der Waals surface area (Å²) in [6, 6.07) is 53.2. The minimum atomic E-state index is -0.196.